The molecule has 1 aliphatic rings. The number of carbonyl (C=O) groups is 1. The second kappa shape index (κ2) is 9.47. The summed E-state index contributed by atoms with van der Waals surface area (Å²) in [5.41, 5.74) is 6.31. The van der Waals surface area contributed by atoms with E-state index < -0.39 is 11.2 Å². The van der Waals surface area contributed by atoms with Crippen molar-refractivity contribution < 1.29 is 9.90 Å². The first-order valence-corrected chi connectivity index (χ1v) is 10.6. The Hall–Kier alpha value is -3.61. The van der Waals surface area contributed by atoms with Crippen molar-refractivity contribution in [3.63, 3.8) is 0 Å². The molecule has 7 heteroatoms. The average Bonchev–Trinajstić information content (AvgIpc) is 2.79. The Kier molecular flexibility index (Phi) is 6.31. The smallest absolute Gasteiger partial charge is 0.277 e. The Balaban J connectivity index is 1.28. The van der Waals surface area contributed by atoms with Crippen molar-refractivity contribution in [1.29, 1.82) is 0 Å². The molecule has 0 radical (unpaired) electrons. The molecule has 0 spiro atoms. The zero-order valence-corrected chi connectivity index (χ0v) is 17.3. The van der Waals surface area contributed by atoms with E-state index in [1.54, 1.807) is 4.90 Å². The maximum absolute atomic E-state index is 12.7. The Labute approximate surface area is 181 Å². The van der Waals surface area contributed by atoms with Gasteiger partial charge in [0.25, 0.3) is 5.91 Å². The van der Waals surface area contributed by atoms with Crippen molar-refractivity contribution in [2.75, 3.05) is 18.6 Å². The molecule has 0 saturated carbocycles. The lowest BCUT2D eigenvalue weighted by Crippen LogP contribution is -2.46. The summed E-state index contributed by atoms with van der Waals surface area (Å²) in [5.74, 6) is -0.832. The van der Waals surface area contributed by atoms with Gasteiger partial charge in [0, 0.05) is 31.2 Å². The molecule has 2 aromatic heterocycles. The Bertz CT molecular complexity index is 1110. The highest BCUT2D eigenvalue weighted by molar-refractivity contribution is 5.96. The van der Waals surface area contributed by atoms with Crippen molar-refractivity contribution in [3.8, 4) is 5.75 Å². The lowest BCUT2D eigenvalue weighted by molar-refractivity contribution is 0.0719. The Morgan fingerprint density at radius 2 is 1.84 bits per heavy atom. The lowest BCUT2D eigenvalue weighted by atomic mass is 9.98. The largest absolute Gasteiger partial charge is 0.502 e. The standard InChI is InChI=1S/C24H26N4O3/c29-21-11-14-28-22(23(21)30)24(31)27(17-26-28)13-6-2-5-9-19-10-12-25-16-20(19)15-18-7-3-1-4-8-18/h1,3-4,7-8,10-12,14,16,26,30H,2,5-6,9,13,15,17H2. The van der Waals surface area contributed by atoms with Crippen molar-refractivity contribution in [2.24, 2.45) is 0 Å². The van der Waals surface area contributed by atoms with Crippen LogP contribution in [-0.2, 0) is 12.8 Å². The van der Waals surface area contributed by atoms with Crippen molar-refractivity contribution in [2.45, 2.75) is 32.1 Å². The Morgan fingerprint density at radius 1 is 1.00 bits per heavy atom. The van der Waals surface area contributed by atoms with Crippen LogP contribution >= 0.6 is 0 Å². The molecule has 160 valence electrons. The van der Waals surface area contributed by atoms with Crippen LogP contribution in [0.4, 0.5) is 0 Å². The number of hydrogen-bond acceptors (Lipinski definition) is 5. The highest BCUT2D eigenvalue weighted by Gasteiger charge is 2.27. The number of unbranched alkanes of at least 4 members (excludes halogenated alkanes) is 2. The van der Waals surface area contributed by atoms with Gasteiger partial charge in [0.1, 0.15) is 6.67 Å². The number of fused-ring (bicyclic) bond motifs is 1. The van der Waals surface area contributed by atoms with Gasteiger partial charge in [-0.1, -0.05) is 36.8 Å². The number of nitrogens with zero attached hydrogens (tertiary/aromatic N) is 3. The molecule has 2 N–H and O–H groups in total. The molecule has 4 rings (SSSR count). The first-order valence-electron chi connectivity index (χ1n) is 10.6. The molecule has 0 aliphatic carbocycles. The van der Waals surface area contributed by atoms with Crippen LogP contribution in [0.5, 0.6) is 5.75 Å². The predicted octanol–water partition coefficient (Wildman–Crippen LogP) is 2.91. The van der Waals surface area contributed by atoms with E-state index in [2.05, 4.69) is 40.7 Å². The third-order valence-electron chi connectivity index (χ3n) is 5.61. The van der Waals surface area contributed by atoms with Gasteiger partial charge in [0.15, 0.2) is 11.4 Å². The number of amides is 1. The topological polar surface area (TPSA) is 87.5 Å². The zero-order valence-electron chi connectivity index (χ0n) is 17.3. The quantitative estimate of drug-likeness (QED) is 0.549. The molecule has 0 fully saturated rings. The zero-order chi connectivity index (χ0) is 21.6. The maximum atomic E-state index is 12.7. The van der Waals surface area contributed by atoms with E-state index in [9.17, 15) is 14.7 Å². The monoisotopic (exact) mass is 418 g/mol. The van der Waals surface area contributed by atoms with Crippen LogP contribution in [-0.4, -0.2) is 38.8 Å². The molecule has 0 atom stereocenters. The number of rotatable bonds is 8. The van der Waals surface area contributed by atoms with Crippen LogP contribution in [0.15, 0.2) is 65.8 Å². The van der Waals surface area contributed by atoms with Gasteiger partial charge in [-0.3, -0.25) is 19.2 Å². The molecule has 0 saturated heterocycles. The molecular weight excluding hydrogens is 392 g/mol. The van der Waals surface area contributed by atoms with Crippen LogP contribution < -0.4 is 10.9 Å². The second-order valence-electron chi connectivity index (χ2n) is 7.75. The van der Waals surface area contributed by atoms with Gasteiger partial charge in [0.2, 0.25) is 5.43 Å². The van der Waals surface area contributed by atoms with Gasteiger partial charge in [-0.25, -0.2) is 0 Å². The van der Waals surface area contributed by atoms with Gasteiger partial charge in [-0.15, -0.1) is 0 Å². The van der Waals surface area contributed by atoms with E-state index in [0.29, 0.717) is 13.2 Å². The number of pyridine rings is 2. The molecular formula is C24H26N4O3. The van der Waals surface area contributed by atoms with Crippen molar-refractivity contribution in [1.82, 2.24) is 14.6 Å². The van der Waals surface area contributed by atoms with Crippen LogP contribution in [0.3, 0.4) is 0 Å². The normalized spacial score (nSPS) is 13.0. The van der Waals surface area contributed by atoms with Gasteiger partial charge in [0.05, 0.1) is 0 Å². The van der Waals surface area contributed by atoms with Gasteiger partial charge in [-0.2, -0.15) is 0 Å². The number of nitrogens with one attached hydrogen (secondary N) is 1. The van der Waals surface area contributed by atoms with Crippen molar-refractivity contribution in [3.05, 3.63) is 93.7 Å². The van der Waals surface area contributed by atoms with E-state index >= 15 is 0 Å². The third kappa shape index (κ3) is 4.77. The third-order valence-corrected chi connectivity index (χ3v) is 5.61. The van der Waals surface area contributed by atoms with E-state index in [0.717, 1.165) is 32.1 Å². The average molecular weight is 418 g/mol. The van der Waals surface area contributed by atoms with E-state index in [-0.39, 0.29) is 11.6 Å². The molecule has 1 aromatic carbocycles. The number of carbonyl (C=O) groups excluding carboxylic acids is 1. The summed E-state index contributed by atoms with van der Waals surface area (Å²) in [7, 11) is 0. The molecule has 0 unspecified atom stereocenters. The summed E-state index contributed by atoms with van der Waals surface area (Å²) in [5, 5.41) is 9.97. The Morgan fingerprint density at radius 3 is 2.68 bits per heavy atom. The lowest BCUT2D eigenvalue weighted by Gasteiger charge is -2.31. The van der Waals surface area contributed by atoms with Crippen molar-refractivity contribution >= 4 is 5.91 Å². The number of aromatic hydroxyl groups is 1. The van der Waals surface area contributed by atoms with Gasteiger partial charge in [-0.05, 0) is 48.4 Å². The molecule has 3 aromatic rings. The molecule has 3 heterocycles. The van der Waals surface area contributed by atoms with Crippen LogP contribution in [0.1, 0.15) is 46.4 Å². The maximum Gasteiger partial charge on any atom is 0.277 e. The van der Waals surface area contributed by atoms with Gasteiger partial charge < -0.3 is 15.4 Å². The van der Waals surface area contributed by atoms with Gasteiger partial charge >= 0.3 is 0 Å². The molecule has 1 aliphatic heterocycles. The summed E-state index contributed by atoms with van der Waals surface area (Å²) < 4.78 is 1.41. The summed E-state index contributed by atoms with van der Waals surface area (Å²) >= 11 is 0. The minimum Gasteiger partial charge on any atom is -0.502 e. The number of hydrogen-bond donors (Lipinski definition) is 2. The highest BCUT2D eigenvalue weighted by Crippen LogP contribution is 2.18. The molecule has 0 bridgehead atoms. The van der Waals surface area contributed by atoms with E-state index in [1.165, 1.54) is 33.6 Å². The van der Waals surface area contributed by atoms with E-state index in [1.807, 2.05) is 18.5 Å². The first kappa shape index (κ1) is 20.7. The minimum absolute atomic E-state index is 0.00101. The predicted molar refractivity (Wildman–Crippen MR) is 119 cm³/mol. The van der Waals surface area contributed by atoms with Crippen LogP contribution in [0, 0.1) is 0 Å². The second-order valence-corrected chi connectivity index (χ2v) is 7.75. The molecule has 31 heavy (non-hydrogen) atoms. The highest BCUT2D eigenvalue weighted by atomic mass is 16.3. The fourth-order valence-corrected chi connectivity index (χ4v) is 3.90. The number of benzene rings is 1. The summed E-state index contributed by atoms with van der Waals surface area (Å²) in [6, 6.07) is 13.7. The summed E-state index contributed by atoms with van der Waals surface area (Å²) in [6.45, 7) is 0.918. The van der Waals surface area contributed by atoms with Crippen LogP contribution in [0.2, 0.25) is 0 Å². The molecule has 7 nitrogen and oxygen atoms in total. The summed E-state index contributed by atoms with van der Waals surface area (Å²) in [6.07, 6.45) is 9.95. The fraction of sp³-hybridized carbons (Fsp3) is 0.292. The minimum atomic E-state index is -0.549. The SMILES string of the molecule is O=C1c2c(O)c(=O)ccn2NCN1CCCCCc1ccncc1Cc1ccccc1. The first-order chi connectivity index (χ1) is 15.1. The van der Waals surface area contributed by atoms with Crippen LogP contribution in [0.25, 0.3) is 0 Å². The number of aryl methyl sites for hydroxylation is 1. The number of aromatic nitrogens is 2. The summed E-state index contributed by atoms with van der Waals surface area (Å²) in [4.78, 5) is 30.2. The fourth-order valence-electron chi connectivity index (χ4n) is 3.90. The van der Waals surface area contributed by atoms with E-state index in [4.69, 9.17) is 0 Å². The molecule has 1 amide bonds.